The molecule has 1 fully saturated rings. The lowest BCUT2D eigenvalue weighted by Gasteiger charge is -2.52. The zero-order valence-electron chi connectivity index (χ0n) is 20.6. The number of likely N-dealkylation sites (tertiary alicyclic amines) is 1. The minimum Gasteiger partial charge on any atom is -0.302 e. The van der Waals surface area contributed by atoms with Crippen LogP contribution in [0.5, 0.6) is 0 Å². The number of hydrogen-bond donors (Lipinski definition) is 0. The number of aryl methyl sites for hydroxylation is 3. The number of rotatable bonds is 11. The van der Waals surface area contributed by atoms with Gasteiger partial charge in [-0.1, -0.05) is 72.1 Å². The maximum atomic E-state index is 3.00. The molecule has 1 saturated heterocycles. The van der Waals surface area contributed by atoms with Gasteiger partial charge in [-0.15, -0.1) is 13.2 Å². The van der Waals surface area contributed by atoms with Crippen molar-refractivity contribution in [3.63, 3.8) is 0 Å². The normalized spacial score (nSPS) is 16.1. The quantitative estimate of drug-likeness (QED) is 0.269. The second-order valence-corrected chi connectivity index (χ2v) is 10.5. The van der Waals surface area contributed by atoms with E-state index in [4.69, 9.17) is 0 Å². The Balaban J connectivity index is 0.00000204. The Labute approximate surface area is 183 Å². The molecule has 1 aliphatic rings. The summed E-state index contributed by atoms with van der Waals surface area (Å²) in [6.07, 6.45) is 12.0. The summed E-state index contributed by atoms with van der Waals surface area (Å²) in [7, 11) is 0. The molecule has 0 aliphatic carbocycles. The minimum absolute atomic E-state index is 0.425. The molecule has 0 amide bonds. The molecular formula is C28H49N. The molecule has 2 rings (SSSR count). The third-order valence-corrected chi connectivity index (χ3v) is 6.23. The van der Waals surface area contributed by atoms with Gasteiger partial charge in [0.1, 0.15) is 0 Å². The van der Waals surface area contributed by atoms with Crippen LogP contribution in [0.3, 0.4) is 0 Å². The van der Waals surface area contributed by atoms with Gasteiger partial charge in [-0.3, -0.25) is 0 Å². The average Bonchev–Trinajstić information content (AvgIpc) is 2.63. The molecule has 29 heavy (non-hydrogen) atoms. The first-order chi connectivity index (χ1) is 13.8. The van der Waals surface area contributed by atoms with E-state index in [1.165, 1.54) is 88.5 Å². The number of unbranched alkanes of at least 4 members (excludes halogenated alkanes) is 2. The van der Waals surface area contributed by atoms with Crippen LogP contribution in [0, 0.1) is 17.8 Å². The maximum Gasteiger partial charge on any atom is 0.00507 e. The van der Waals surface area contributed by atoms with Crippen LogP contribution in [0.25, 0.3) is 0 Å². The molecule has 0 saturated carbocycles. The van der Waals surface area contributed by atoms with Crippen LogP contribution in [0.15, 0.2) is 31.4 Å². The molecule has 0 atom stereocenters. The predicted molar refractivity (Wildman–Crippen MR) is 132 cm³/mol. The Morgan fingerprint density at radius 2 is 1.62 bits per heavy atom. The van der Waals surface area contributed by atoms with E-state index in [0.717, 1.165) is 0 Å². The summed E-state index contributed by atoms with van der Waals surface area (Å²) < 4.78 is 0. The molecule has 1 heterocycles. The van der Waals surface area contributed by atoms with Crippen molar-refractivity contribution in [1.29, 1.82) is 0 Å². The fourth-order valence-electron chi connectivity index (χ4n) is 5.08. The maximum absolute atomic E-state index is 3.00. The number of nitrogens with zero attached hydrogens (tertiary/aromatic N) is 1. The van der Waals surface area contributed by atoms with Crippen molar-refractivity contribution in [2.45, 2.75) is 99.3 Å². The Morgan fingerprint density at radius 1 is 0.931 bits per heavy atom. The molecule has 1 aromatic rings. The second-order valence-electron chi connectivity index (χ2n) is 10.5. The van der Waals surface area contributed by atoms with Gasteiger partial charge < -0.3 is 4.90 Å². The zero-order chi connectivity index (χ0) is 21.9. The van der Waals surface area contributed by atoms with E-state index in [1.807, 2.05) is 0 Å². The van der Waals surface area contributed by atoms with Crippen molar-refractivity contribution in [3.8, 4) is 0 Å². The van der Waals surface area contributed by atoms with Crippen LogP contribution in [0.2, 0.25) is 0 Å². The topological polar surface area (TPSA) is 3.24 Å². The number of hydrogen-bond acceptors (Lipinski definition) is 1. The lowest BCUT2D eigenvalue weighted by Crippen LogP contribution is -2.58. The second kappa shape index (κ2) is 12.6. The summed E-state index contributed by atoms with van der Waals surface area (Å²) in [6, 6.07) is 7.24. The van der Waals surface area contributed by atoms with Crippen molar-refractivity contribution in [3.05, 3.63) is 48.0 Å². The molecule has 1 aromatic carbocycles. The molecule has 1 aliphatic heterocycles. The highest BCUT2D eigenvalue weighted by Gasteiger charge is 2.42. The Hall–Kier alpha value is -1.08. The van der Waals surface area contributed by atoms with Crippen molar-refractivity contribution in [2.24, 2.45) is 10.8 Å². The summed E-state index contributed by atoms with van der Waals surface area (Å²) in [6.45, 7) is 23.9. The molecule has 1 nitrogen and oxygen atoms in total. The average molecular weight is 400 g/mol. The summed E-state index contributed by atoms with van der Waals surface area (Å²) in [5.41, 5.74) is 5.65. The largest absolute Gasteiger partial charge is 0.302 e. The van der Waals surface area contributed by atoms with Crippen LogP contribution < -0.4 is 0 Å². The van der Waals surface area contributed by atoms with Crippen LogP contribution in [0.4, 0.5) is 0 Å². The van der Waals surface area contributed by atoms with Gasteiger partial charge in [-0.05, 0) is 73.0 Å². The lowest BCUT2D eigenvalue weighted by atomic mass is 9.71. The monoisotopic (exact) mass is 399 g/mol. The highest BCUT2D eigenvalue weighted by atomic mass is 15.2. The van der Waals surface area contributed by atoms with Crippen LogP contribution in [0.1, 0.15) is 96.3 Å². The van der Waals surface area contributed by atoms with E-state index in [0.29, 0.717) is 10.8 Å². The first kappa shape index (κ1) is 26.0. The van der Waals surface area contributed by atoms with Gasteiger partial charge in [-0.25, -0.2) is 0 Å². The van der Waals surface area contributed by atoms with Crippen LogP contribution >= 0.6 is 0 Å². The van der Waals surface area contributed by atoms with E-state index < -0.39 is 0 Å². The minimum atomic E-state index is 0.425. The highest BCUT2D eigenvalue weighted by molar-refractivity contribution is 5.31. The van der Waals surface area contributed by atoms with Gasteiger partial charge >= 0.3 is 0 Å². The molecule has 0 bridgehead atoms. The molecule has 0 spiro atoms. The van der Waals surface area contributed by atoms with E-state index in [9.17, 15) is 0 Å². The van der Waals surface area contributed by atoms with Gasteiger partial charge in [0, 0.05) is 19.6 Å². The summed E-state index contributed by atoms with van der Waals surface area (Å²) in [5.74, 6) is 0. The molecule has 0 aromatic heterocycles. The van der Waals surface area contributed by atoms with E-state index in [1.54, 1.807) is 5.56 Å². The van der Waals surface area contributed by atoms with Gasteiger partial charge in [0.15, 0.2) is 0 Å². The first-order valence-corrected chi connectivity index (χ1v) is 12.1. The van der Waals surface area contributed by atoms with Crippen LogP contribution in [-0.4, -0.2) is 24.5 Å². The van der Waals surface area contributed by atoms with E-state index in [-0.39, 0.29) is 0 Å². The fraction of sp³-hybridized carbons (Fsp3) is 0.714. The first-order valence-electron chi connectivity index (χ1n) is 12.1. The van der Waals surface area contributed by atoms with Gasteiger partial charge in [0.25, 0.3) is 0 Å². The zero-order valence-corrected chi connectivity index (χ0v) is 20.6. The molecule has 166 valence electrons. The third-order valence-electron chi connectivity index (χ3n) is 6.23. The Kier molecular flexibility index (Phi) is 11.3. The Bertz CT molecular complexity index is 574. The van der Waals surface area contributed by atoms with Gasteiger partial charge in [0.2, 0.25) is 0 Å². The lowest BCUT2D eigenvalue weighted by molar-refractivity contribution is -0.0332. The molecular weight excluding hydrogens is 350 g/mol. The van der Waals surface area contributed by atoms with Crippen molar-refractivity contribution >= 4 is 0 Å². The van der Waals surface area contributed by atoms with E-state index >= 15 is 0 Å². The Morgan fingerprint density at radius 3 is 2.17 bits per heavy atom. The van der Waals surface area contributed by atoms with E-state index in [2.05, 4.69) is 77.8 Å². The van der Waals surface area contributed by atoms with Crippen molar-refractivity contribution in [1.82, 2.24) is 4.90 Å². The third kappa shape index (κ3) is 9.08. The summed E-state index contributed by atoms with van der Waals surface area (Å²) >= 11 is 0. The molecule has 0 unspecified atom stereocenters. The van der Waals surface area contributed by atoms with Gasteiger partial charge in [-0.2, -0.15) is 0 Å². The van der Waals surface area contributed by atoms with Crippen LogP contribution in [-0.2, 0) is 12.8 Å². The summed E-state index contributed by atoms with van der Waals surface area (Å²) in [4.78, 5) is 2.69. The smallest absolute Gasteiger partial charge is 0.00507 e. The highest BCUT2D eigenvalue weighted by Crippen LogP contribution is 2.41. The van der Waals surface area contributed by atoms with Gasteiger partial charge in [0.05, 0.1) is 0 Å². The number of benzene rings is 1. The molecule has 0 N–H and O–H groups in total. The fourth-order valence-corrected chi connectivity index (χ4v) is 5.08. The SMILES string of the molecule is C=C.CCCCCc1ccc(CCCC2(CCC)CN(CC(C)(C)C)C2)c(C)c1. The standard InChI is InChI=1S/C26H45N.C2H4/c1-7-9-10-12-23-14-15-24(22(3)18-23)13-11-17-26(16-8-2)20-27(21-26)19-25(4,5)6;1-2/h14-15,18H,7-13,16-17,19-21H2,1-6H3;1-2H2. The van der Waals surface area contributed by atoms with Crippen molar-refractivity contribution < 1.29 is 0 Å². The van der Waals surface area contributed by atoms with Crippen molar-refractivity contribution in [2.75, 3.05) is 19.6 Å². The summed E-state index contributed by atoms with van der Waals surface area (Å²) in [5, 5.41) is 0. The molecule has 0 radical (unpaired) electrons. The predicted octanol–water partition coefficient (Wildman–Crippen LogP) is 8.00. The molecule has 1 heteroatoms.